The van der Waals surface area contributed by atoms with Gasteiger partial charge in [0.2, 0.25) is 0 Å². The lowest BCUT2D eigenvalue weighted by Gasteiger charge is -2.26. The van der Waals surface area contributed by atoms with Crippen LogP contribution in [-0.4, -0.2) is 15.3 Å². The van der Waals surface area contributed by atoms with E-state index in [1.54, 1.807) is 0 Å². The van der Waals surface area contributed by atoms with E-state index in [0.29, 0.717) is 11.1 Å². The lowest BCUT2D eigenvalue weighted by molar-refractivity contribution is -0.324. The van der Waals surface area contributed by atoms with E-state index in [1.807, 2.05) is 51.1 Å². The monoisotopic (exact) mass is 286 g/mol. The van der Waals surface area contributed by atoms with Gasteiger partial charge in [-0.3, -0.25) is 0 Å². The van der Waals surface area contributed by atoms with Crippen molar-refractivity contribution in [3.63, 3.8) is 0 Å². The molecule has 1 heterocycles. The summed E-state index contributed by atoms with van der Waals surface area (Å²) in [5, 5.41) is 30.8. The molecule has 110 valence electrons. The van der Waals surface area contributed by atoms with Crippen molar-refractivity contribution in [2.75, 3.05) is 0 Å². The highest BCUT2D eigenvalue weighted by atomic mass is 16.7. The van der Waals surface area contributed by atoms with Gasteiger partial charge >= 0.3 is 5.97 Å². The van der Waals surface area contributed by atoms with Gasteiger partial charge in [0.15, 0.2) is 0 Å². The summed E-state index contributed by atoms with van der Waals surface area (Å²) in [7, 11) is 0. The molecule has 3 N–H and O–H groups in total. The van der Waals surface area contributed by atoms with Gasteiger partial charge in [0.1, 0.15) is 11.2 Å². The highest BCUT2D eigenvalue weighted by molar-refractivity contribution is 6.05. The molecule has 4 nitrogen and oxygen atoms in total. The lowest BCUT2D eigenvalue weighted by Crippen LogP contribution is -2.29. The van der Waals surface area contributed by atoms with Gasteiger partial charge in [0, 0.05) is 16.3 Å². The van der Waals surface area contributed by atoms with Crippen LogP contribution in [0.15, 0.2) is 40.8 Å². The van der Waals surface area contributed by atoms with E-state index < -0.39 is 5.97 Å². The second-order valence-corrected chi connectivity index (χ2v) is 6.38. The number of hydrogen-bond acceptors (Lipinski definition) is 4. The molecule has 3 aromatic rings. The van der Waals surface area contributed by atoms with Crippen molar-refractivity contribution in [1.82, 2.24) is 0 Å². The third-order valence-electron chi connectivity index (χ3n) is 3.69. The van der Waals surface area contributed by atoms with Crippen LogP contribution in [0.25, 0.3) is 21.9 Å². The van der Waals surface area contributed by atoms with Crippen molar-refractivity contribution in [1.29, 1.82) is 0 Å². The maximum atomic E-state index is 9.64. The van der Waals surface area contributed by atoms with Crippen molar-refractivity contribution in [3.05, 3.63) is 47.5 Å². The first-order chi connectivity index (χ1) is 9.68. The Morgan fingerprint density at radius 1 is 0.810 bits per heavy atom. The number of hydrogen-bond donors (Lipinski definition) is 3. The minimum atomic E-state index is -2.89. The molecule has 0 atom stereocenters. The third-order valence-corrected chi connectivity index (χ3v) is 3.69. The standard InChI is InChI=1S/C17H18O4/c1-16(2,3)12-8-11-10-6-4-5-7-14(10)21-15(11)9-13(12)17(18,19)20/h4-9,18-20H,1-3H3. The maximum absolute atomic E-state index is 9.64. The number of furan rings is 1. The largest absolute Gasteiger partial charge is 0.456 e. The fraction of sp³-hybridized carbons (Fsp3) is 0.294. The Kier molecular flexibility index (Phi) is 2.89. The van der Waals surface area contributed by atoms with Crippen molar-refractivity contribution >= 4 is 21.9 Å². The minimum absolute atomic E-state index is 0.0431. The van der Waals surface area contributed by atoms with Crippen LogP contribution in [0, 0.1) is 0 Å². The van der Waals surface area contributed by atoms with Gasteiger partial charge in [0.05, 0.1) is 0 Å². The molecule has 0 aliphatic carbocycles. The summed E-state index contributed by atoms with van der Waals surface area (Å²) in [5.41, 5.74) is 1.58. The first-order valence-corrected chi connectivity index (χ1v) is 6.81. The molecular formula is C17H18O4. The molecule has 0 spiro atoms. The molecule has 1 aromatic heterocycles. The zero-order chi connectivity index (χ0) is 15.4. The van der Waals surface area contributed by atoms with Crippen LogP contribution in [0.2, 0.25) is 0 Å². The fourth-order valence-corrected chi connectivity index (χ4v) is 2.67. The molecule has 3 rings (SSSR count). The lowest BCUT2D eigenvalue weighted by atomic mass is 9.82. The zero-order valence-electron chi connectivity index (χ0n) is 12.2. The van der Waals surface area contributed by atoms with Crippen LogP contribution >= 0.6 is 0 Å². The van der Waals surface area contributed by atoms with Gasteiger partial charge in [-0.25, -0.2) is 0 Å². The van der Waals surface area contributed by atoms with Crippen LogP contribution < -0.4 is 0 Å². The van der Waals surface area contributed by atoms with Crippen LogP contribution in [0.3, 0.4) is 0 Å². The first kappa shape index (κ1) is 14.1. The highest BCUT2D eigenvalue weighted by Gasteiger charge is 2.31. The highest BCUT2D eigenvalue weighted by Crippen LogP contribution is 2.37. The molecule has 0 aliphatic heterocycles. The van der Waals surface area contributed by atoms with Crippen molar-refractivity contribution in [2.45, 2.75) is 32.2 Å². The zero-order valence-corrected chi connectivity index (χ0v) is 12.2. The van der Waals surface area contributed by atoms with E-state index in [2.05, 4.69) is 0 Å². The minimum Gasteiger partial charge on any atom is -0.456 e. The number of rotatable bonds is 1. The summed E-state index contributed by atoms with van der Waals surface area (Å²) >= 11 is 0. The molecule has 0 aliphatic rings. The van der Waals surface area contributed by atoms with Crippen molar-refractivity contribution < 1.29 is 19.7 Å². The van der Waals surface area contributed by atoms with E-state index >= 15 is 0 Å². The number of benzene rings is 2. The second kappa shape index (κ2) is 4.31. The van der Waals surface area contributed by atoms with E-state index in [4.69, 9.17) is 4.42 Å². The van der Waals surface area contributed by atoms with Crippen molar-refractivity contribution in [2.24, 2.45) is 0 Å². The van der Waals surface area contributed by atoms with Gasteiger partial charge in [-0.05, 0) is 29.2 Å². The molecule has 2 aromatic carbocycles. The van der Waals surface area contributed by atoms with Gasteiger partial charge in [-0.2, -0.15) is 0 Å². The molecule has 0 saturated heterocycles. The molecule has 0 bridgehead atoms. The van der Waals surface area contributed by atoms with Gasteiger partial charge < -0.3 is 19.7 Å². The Bertz CT molecular complexity index is 816. The first-order valence-electron chi connectivity index (χ1n) is 6.81. The summed E-state index contributed by atoms with van der Waals surface area (Å²) in [5.74, 6) is -2.89. The Labute approximate surface area is 122 Å². The van der Waals surface area contributed by atoms with Gasteiger partial charge in [-0.15, -0.1) is 0 Å². The topological polar surface area (TPSA) is 73.8 Å². The fourth-order valence-electron chi connectivity index (χ4n) is 2.67. The Morgan fingerprint density at radius 3 is 2.10 bits per heavy atom. The molecule has 0 radical (unpaired) electrons. The molecule has 0 saturated carbocycles. The molecule has 0 fully saturated rings. The summed E-state index contributed by atoms with van der Waals surface area (Å²) in [6.07, 6.45) is 0. The molecule has 4 heteroatoms. The third kappa shape index (κ3) is 2.31. The summed E-state index contributed by atoms with van der Waals surface area (Å²) in [6, 6.07) is 11.0. The van der Waals surface area contributed by atoms with Crippen LogP contribution in [0.1, 0.15) is 31.9 Å². The van der Waals surface area contributed by atoms with Gasteiger partial charge in [-0.1, -0.05) is 39.0 Å². The van der Waals surface area contributed by atoms with E-state index in [9.17, 15) is 15.3 Å². The molecule has 0 unspecified atom stereocenters. The predicted molar refractivity (Wildman–Crippen MR) is 80.8 cm³/mol. The number of para-hydroxylation sites is 1. The summed E-state index contributed by atoms with van der Waals surface area (Å²) in [6.45, 7) is 5.85. The van der Waals surface area contributed by atoms with E-state index in [-0.39, 0.29) is 11.0 Å². The number of aliphatic hydroxyl groups is 3. The normalized spacial score (nSPS) is 13.2. The smallest absolute Gasteiger partial charge is 0.304 e. The maximum Gasteiger partial charge on any atom is 0.304 e. The summed E-state index contributed by atoms with van der Waals surface area (Å²) < 4.78 is 5.72. The average molecular weight is 286 g/mol. The number of fused-ring (bicyclic) bond motifs is 3. The molecule has 0 amide bonds. The van der Waals surface area contributed by atoms with Gasteiger partial charge in [0.25, 0.3) is 0 Å². The quantitative estimate of drug-likeness (QED) is 0.601. The summed E-state index contributed by atoms with van der Waals surface area (Å²) in [4.78, 5) is 0. The van der Waals surface area contributed by atoms with E-state index in [0.717, 1.165) is 16.4 Å². The van der Waals surface area contributed by atoms with Crippen LogP contribution in [0.4, 0.5) is 0 Å². The Balaban J connectivity index is 2.44. The molecular weight excluding hydrogens is 268 g/mol. The molecule has 21 heavy (non-hydrogen) atoms. The second-order valence-electron chi connectivity index (χ2n) is 6.38. The Morgan fingerprint density at radius 2 is 1.48 bits per heavy atom. The average Bonchev–Trinajstić information content (AvgIpc) is 2.73. The Hall–Kier alpha value is -1.88. The van der Waals surface area contributed by atoms with Crippen LogP contribution in [0.5, 0.6) is 0 Å². The predicted octanol–water partition coefficient (Wildman–Crippen LogP) is 2.97. The van der Waals surface area contributed by atoms with Crippen molar-refractivity contribution in [3.8, 4) is 0 Å². The van der Waals surface area contributed by atoms with E-state index in [1.165, 1.54) is 6.07 Å². The SMILES string of the molecule is CC(C)(C)c1cc2c(cc1C(O)(O)O)oc1ccccc12. The van der Waals surface area contributed by atoms with Crippen LogP contribution in [-0.2, 0) is 11.4 Å².